The monoisotopic (exact) mass is 382 g/mol. The van der Waals surface area contributed by atoms with Gasteiger partial charge in [0.2, 0.25) is 0 Å². The van der Waals surface area contributed by atoms with Gasteiger partial charge in [-0.1, -0.05) is 30.3 Å². The largest absolute Gasteiger partial charge is 0.422 e. The quantitative estimate of drug-likeness (QED) is 0.272. The minimum absolute atomic E-state index is 0.167. The smallest absolute Gasteiger partial charge is 0.343 e. The number of nitrogens with one attached hydrogen (secondary N) is 1. The van der Waals surface area contributed by atoms with Crippen molar-refractivity contribution in [3.05, 3.63) is 65.7 Å². The van der Waals surface area contributed by atoms with Gasteiger partial charge in [0.05, 0.1) is 32.0 Å². The molecule has 28 heavy (non-hydrogen) atoms. The minimum atomic E-state index is -0.449. The summed E-state index contributed by atoms with van der Waals surface area (Å²) in [6, 6.07) is 15.8. The molecule has 1 amide bonds. The Labute approximate surface area is 164 Å². The van der Waals surface area contributed by atoms with E-state index < -0.39 is 5.97 Å². The molecule has 0 radical (unpaired) electrons. The Kier molecular flexibility index (Phi) is 6.52. The van der Waals surface area contributed by atoms with Gasteiger partial charge in [0.15, 0.2) is 6.54 Å². The normalized spacial score (nSPS) is 15.9. The predicted molar refractivity (Wildman–Crippen MR) is 105 cm³/mol. The fraction of sp³-hybridized carbons (Fsp3) is 0.286. The zero-order valence-electron chi connectivity index (χ0n) is 15.8. The molecule has 1 heterocycles. The van der Waals surface area contributed by atoms with Crippen LogP contribution >= 0.6 is 0 Å². The highest BCUT2D eigenvalue weighted by Gasteiger charge is 2.28. The van der Waals surface area contributed by atoms with Crippen LogP contribution in [0.2, 0.25) is 0 Å². The van der Waals surface area contributed by atoms with Gasteiger partial charge in [-0.05, 0) is 24.3 Å². The summed E-state index contributed by atoms with van der Waals surface area (Å²) in [5.74, 6) is -0.240. The first-order chi connectivity index (χ1) is 13.6. The molecular formula is C21H24N3O4+. The van der Waals surface area contributed by atoms with Crippen LogP contribution in [0.4, 0.5) is 0 Å². The van der Waals surface area contributed by atoms with Gasteiger partial charge in [-0.2, -0.15) is 5.10 Å². The Hall–Kier alpha value is -3.03. The van der Waals surface area contributed by atoms with Crippen molar-refractivity contribution in [1.29, 1.82) is 0 Å². The van der Waals surface area contributed by atoms with Crippen molar-refractivity contribution >= 4 is 18.1 Å². The standard InChI is InChI=1S/C21H23N3O4/c1-24(11-13-27-14-12-24)16-20(25)23-22-15-18-9-5-6-10-19(18)28-21(26)17-7-3-2-4-8-17/h2-10,15H,11-14,16H2,1H3/p+1. The molecule has 0 atom stereocenters. The zero-order chi connectivity index (χ0) is 19.8. The molecule has 2 aromatic carbocycles. The lowest BCUT2D eigenvalue weighted by atomic mass is 10.2. The van der Waals surface area contributed by atoms with Crippen LogP contribution in [0.5, 0.6) is 5.75 Å². The van der Waals surface area contributed by atoms with Crippen molar-refractivity contribution in [3.8, 4) is 5.75 Å². The summed E-state index contributed by atoms with van der Waals surface area (Å²) in [6.45, 7) is 3.26. The molecule has 3 rings (SSSR count). The number of rotatable bonds is 6. The average molecular weight is 382 g/mol. The lowest BCUT2D eigenvalue weighted by molar-refractivity contribution is -0.909. The maximum atomic E-state index is 12.3. The molecule has 0 aliphatic carbocycles. The van der Waals surface area contributed by atoms with Crippen LogP contribution in [0.25, 0.3) is 0 Å². The molecule has 0 aromatic heterocycles. The Morgan fingerprint density at radius 3 is 2.54 bits per heavy atom. The number of benzene rings is 2. The van der Waals surface area contributed by atoms with Gasteiger partial charge >= 0.3 is 5.97 Å². The van der Waals surface area contributed by atoms with E-state index in [0.29, 0.717) is 41.1 Å². The van der Waals surface area contributed by atoms with E-state index in [1.165, 1.54) is 6.21 Å². The van der Waals surface area contributed by atoms with E-state index in [0.717, 1.165) is 13.1 Å². The molecule has 0 saturated carbocycles. The average Bonchev–Trinajstić information content (AvgIpc) is 2.70. The number of carbonyl (C=O) groups excluding carboxylic acids is 2. The van der Waals surface area contributed by atoms with E-state index in [4.69, 9.17) is 9.47 Å². The number of esters is 1. The van der Waals surface area contributed by atoms with E-state index >= 15 is 0 Å². The molecule has 7 heteroatoms. The van der Waals surface area contributed by atoms with Crippen molar-refractivity contribution in [1.82, 2.24) is 5.43 Å². The second kappa shape index (κ2) is 9.25. The van der Waals surface area contributed by atoms with Gasteiger partial charge in [0.1, 0.15) is 18.8 Å². The topological polar surface area (TPSA) is 77.0 Å². The molecule has 1 fully saturated rings. The summed E-state index contributed by atoms with van der Waals surface area (Å²) < 4.78 is 11.4. The number of para-hydroxylation sites is 1. The van der Waals surface area contributed by atoms with Crippen LogP contribution in [0.15, 0.2) is 59.7 Å². The molecule has 7 nitrogen and oxygen atoms in total. The number of nitrogens with zero attached hydrogens (tertiary/aromatic N) is 2. The summed E-state index contributed by atoms with van der Waals surface area (Å²) in [5.41, 5.74) is 3.61. The fourth-order valence-corrected chi connectivity index (χ4v) is 2.91. The number of likely N-dealkylation sites (N-methyl/N-ethyl adjacent to an activating group) is 1. The molecule has 1 aliphatic heterocycles. The molecule has 2 aromatic rings. The Balaban J connectivity index is 1.59. The number of quaternary nitrogens is 1. The number of hydrazone groups is 1. The fourth-order valence-electron chi connectivity index (χ4n) is 2.91. The number of amides is 1. The second-order valence-electron chi connectivity index (χ2n) is 6.92. The van der Waals surface area contributed by atoms with Crippen molar-refractivity contribution in [3.63, 3.8) is 0 Å². The molecule has 1 saturated heterocycles. The number of carbonyl (C=O) groups is 2. The van der Waals surface area contributed by atoms with Gasteiger partial charge in [-0.15, -0.1) is 0 Å². The predicted octanol–water partition coefficient (Wildman–Crippen LogP) is 1.83. The van der Waals surface area contributed by atoms with E-state index in [1.54, 1.807) is 42.5 Å². The summed E-state index contributed by atoms with van der Waals surface area (Å²) in [4.78, 5) is 24.4. The van der Waals surface area contributed by atoms with Gasteiger partial charge in [-0.25, -0.2) is 10.2 Å². The van der Waals surface area contributed by atoms with E-state index in [2.05, 4.69) is 10.5 Å². The first-order valence-corrected chi connectivity index (χ1v) is 9.15. The molecule has 146 valence electrons. The maximum absolute atomic E-state index is 12.3. The summed E-state index contributed by atoms with van der Waals surface area (Å²) in [5, 5.41) is 4.02. The molecule has 0 bridgehead atoms. The van der Waals surface area contributed by atoms with Crippen LogP contribution in [-0.4, -0.2) is 62.5 Å². The Bertz CT molecular complexity index is 846. The molecule has 0 spiro atoms. The Morgan fingerprint density at radius 2 is 1.79 bits per heavy atom. The number of hydrogen-bond donors (Lipinski definition) is 1. The summed E-state index contributed by atoms with van der Waals surface area (Å²) >= 11 is 0. The van der Waals surface area contributed by atoms with Crippen molar-refractivity contribution in [2.45, 2.75) is 0 Å². The van der Waals surface area contributed by atoms with Gasteiger partial charge in [-0.3, -0.25) is 4.79 Å². The van der Waals surface area contributed by atoms with Crippen LogP contribution in [0.1, 0.15) is 15.9 Å². The zero-order valence-corrected chi connectivity index (χ0v) is 15.8. The lowest BCUT2D eigenvalue weighted by Gasteiger charge is -2.36. The molecule has 1 aliphatic rings. The van der Waals surface area contributed by atoms with Crippen molar-refractivity contribution < 1.29 is 23.5 Å². The molecule has 1 N–H and O–H groups in total. The third-order valence-electron chi connectivity index (χ3n) is 4.60. The number of hydrogen-bond acceptors (Lipinski definition) is 5. The highest BCUT2D eigenvalue weighted by atomic mass is 16.5. The van der Waals surface area contributed by atoms with Crippen LogP contribution in [0, 0.1) is 0 Å². The van der Waals surface area contributed by atoms with Gasteiger partial charge in [0.25, 0.3) is 5.91 Å². The molecule has 0 unspecified atom stereocenters. The first-order valence-electron chi connectivity index (χ1n) is 9.15. The van der Waals surface area contributed by atoms with E-state index in [-0.39, 0.29) is 5.91 Å². The second-order valence-corrected chi connectivity index (χ2v) is 6.92. The first kappa shape index (κ1) is 19.7. The van der Waals surface area contributed by atoms with Crippen LogP contribution in [-0.2, 0) is 9.53 Å². The SMILES string of the molecule is C[N+]1(CC(=O)NN=Cc2ccccc2OC(=O)c2ccccc2)CCOCC1. The third-order valence-corrected chi connectivity index (χ3v) is 4.60. The maximum Gasteiger partial charge on any atom is 0.343 e. The number of ether oxygens (including phenoxy) is 2. The highest BCUT2D eigenvalue weighted by molar-refractivity contribution is 5.93. The third kappa shape index (κ3) is 5.48. The van der Waals surface area contributed by atoms with Crippen LogP contribution < -0.4 is 10.2 Å². The number of morpholine rings is 1. The minimum Gasteiger partial charge on any atom is -0.422 e. The highest BCUT2D eigenvalue weighted by Crippen LogP contribution is 2.17. The summed E-state index contributed by atoms with van der Waals surface area (Å²) in [6.07, 6.45) is 1.48. The van der Waals surface area contributed by atoms with Gasteiger partial charge < -0.3 is 14.0 Å². The van der Waals surface area contributed by atoms with E-state index in [9.17, 15) is 9.59 Å². The molecular weight excluding hydrogens is 358 g/mol. The lowest BCUT2D eigenvalue weighted by Crippen LogP contribution is -2.55. The summed E-state index contributed by atoms with van der Waals surface area (Å²) in [7, 11) is 2.03. The van der Waals surface area contributed by atoms with Crippen molar-refractivity contribution in [2.75, 3.05) is 39.9 Å². The van der Waals surface area contributed by atoms with Gasteiger partial charge in [0, 0.05) is 5.56 Å². The van der Waals surface area contributed by atoms with E-state index in [1.807, 2.05) is 19.2 Å². The van der Waals surface area contributed by atoms with Crippen LogP contribution in [0.3, 0.4) is 0 Å². The van der Waals surface area contributed by atoms with Crippen molar-refractivity contribution in [2.24, 2.45) is 5.10 Å². The Morgan fingerprint density at radius 1 is 1.11 bits per heavy atom.